The summed E-state index contributed by atoms with van der Waals surface area (Å²) in [5, 5.41) is 1.83. The van der Waals surface area contributed by atoms with E-state index in [9.17, 15) is 0 Å². The highest BCUT2D eigenvalue weighted by Crippen LogP contribution is 2.50. The van der Waals surface area contributed by atoms with Gasteiger partial charge in [0.1, 0.15) is 11.8 Å². The lowest BCUT2D eigenvalue weighted by Crippen LogP contribution is -2.35. The Labute approximate surface area is 163 Å². The molecule has 0 radical (unpaired) electrons. The average molecular weight is 388 g/mol. The van der Waals surface area contributed by atoms with Gasteiger partial charge in [-0.05, 0) is 43.7 Å². The van der Waals surface area contributed by atoms with Crippen molar-refractivity contribution in [3.63, 3.8) is 0 Å². The van der Waals surface area contributed by atoms with Crippen LogP contribution in [0.4, 0.5) is 0 Å². The number of ether oxygens (including phenoxy) is 1. The molecule has 0 bridgehead atoms. The Morgan fingerprint density at radius 2 is 2.15 bits per heavy atom. The molecule has 0 amide bonds. The van der Waals surface area contributed by atoms with Gasteiger partial charge in [0.2, 0.25) is 0 Å². The van der Waals surface area contributed by atoms with Crippen molar-refractivity contribution in [3.8, 4) is 5.75 Å². The molecule has 3 atom stereocenters. The lowest BCUT2D eigenvalue weighted by Gasteiger charge is -2.32. The summed E-state index contributed by atoms with van der Waals surface area (Å²) in [5.41, 5.74) is 2.08. The highest BCUT2D eigenvalue weighted by Gasteiger charge is 2.46. The van der Waals surface area contributed by atoms with Crippen molar-refractivity contribution in [2.45, 2.75) is 38.4 Å². The van der Waals surface area contributed by atoms with Crippen molar-refractivity contribution >= 4 is 28.5 Å². The van der Waals surface area contributed by atoms with Crippen molar-refractivity contribution in [2.75, 3.05) is 12.4 Å². The zero-order valence-electron chi connectivity index (χ0n) is 14.9. The molecule has 26 heavy (non-hydrogen) atoms. The van der Waals surface area contributed by atoms with E-state index in [1.54, 1.807) is 0 Å². The third-order valence-corrected chi connectivity index (χ3v) is 6.28. The van der Waals surface area contributed by atoms with E-state index in [4.69, 9.17) is 21.3 Å². The van der Waals surface area contributed by atoms with Gasteiger partial charge in [0.25, 0.3) is 0 Å². The Morgan fingerprint density at radius 1 is 1.27 bits per heavy atom. The molecular formula is C20H22ClN3OS. The van der Waals surface area contributed by atoms with E-state index in [1.165, 1.54) is 0 Å². The number of halogens is 1. The molecule has 0 aliphatic carbocycles. The molecule has 0 spiro atoms. The van der Waals surface area contributed by atoms with Gasteiger partial charge in [0, 0.05) is 28.6 Å². The maximum Gasteiger partial charge on any atom is 0.160 e. The lowest BCUT2D eigenvalue weighted by atomic mass is 9.94. The van der Waals surface area contributed by atoms with Crippen LogP contribution in [0.2, 0.25) is 5.02 Å². The lowest BCUT2D eigenvalue weighted by molar-refractivity contribution is 0.245. The van der Waals surface area contributed by atoms with E-state index in [2.05, 4.69) is 22.9 Å². The molecule has 3 unspecified atom stereocenters. The quantitative estimate of drug-likeness (QED) is 0.714. The first-order valence-electron chi connectivity index (χ1n) is 9.05. The number of thioether (sulfide) groups is 1. The van der Waals surface area contributed by atoms with Crippen LogP contribution in [-0.4, -0.2) is 33.5 Å². The first-order valence-corrected chi connectivity index (χ1v) is 10.4. The summed E-state index contributed by atoms with van der Waals surface area (Å²) in [7, 11) is 0. The number of pyridine rings is 1. The van der Waals surface area contributed by atoms with E-state index in [0.29, 0.717) is 12.6 Å². The zero-order chi connectivity index (χ0) is 18.1. The molecule has 1 saturated heterocycles. The Kier molecular flexibility index (Phi) is 5.09. The fourth-order valence-electron chi connectivity index (χ4n) is 3.72. The van der Waals surface area contributed by atoms with Crippen molar-refractivity contribution in [3.05, 3.63) is 58.9 Å². The van der Waals surface area contributed by atoms with Crippen LogP contribution < -0.4 is 4.74 Å². The van der Waals surface area contributed by atoms with E-state index < -0.39 is 0 Å². The minimum Gasteiger partial charge on any atom is -0.494 e. The second kappa shape index (κ2) is 7.49. The topological polar surface area (TPSA) is 37.7 Å². The molecule has 6 heteroatoms. The highest BCUT2D eigenvalue weighted by molar-refractivity contribution is 8.14. The molecule has 1 aromatic carbocycles. The minimum absolute atomic E-state index is 0.0503. The van der Waals surface area contributed by atoms with Crippen molar-refractivity contribution in [1.29, 1.82) is 0 Å². The van der Waals surface area contributed by atoms with Gasteiger partial charge in [-0.25, -0.2) is 0 Å². The van der Waals surface area contributed by atoms with Gasteiger partial charge in [-0.3, -0.25) is 9.98 Å². The molecule has 0 N–H and O–H groups in total. The van der Waals surface area contributed by atoms with Gasteiger partial charge in [-0.2, -0.15) is 0 Å². The largest absolute Gasteiger partial charge is 0.494 e. The van der Waals surface area contributed by atoms with Crippen molar-refractivity contribution < 1.29 is 4.74 Å². The molecule has 2 aliphatic heterocycles. The fourth-order valence-corrected chi connectivity index (χ4v) is 5.24. The molecule has 2 aromatic rings. The molecule has 4 nitrogen and oxygen atoms in total. The molecule has 0 saturated carbocycles. The van der Waals surface area contributed by atoms with Crippen molar-refractivity contribution in [1.82, 2.24) is 9.88 Å². The predicted molar refractivity (Wildman–Crippen MR) is 108 cm³/mol. The number of rotatable bonds is 5. The molecular weight excluding hydrogens is 366 g/mol. The second-order valence-electron chi connectivity index (χ2n) is 6.45. The molecule has 3 heterocycles. The van der Waals surface area contributed by atoms with E-state index in [1.807, 2.05) is 55.2 Å². The minimum atomic E-state index is -0.0503. The highest BCUT2D eigenvalue weighted by atomic mass is 35.5. The summed E-state index contributed by atoms with van der Waals surface area (Å²) in [4.78, 5) is 12.1. The standard InChI is InChI=1S/C20H22ClN3OS/c1-3-14-12-26-20-23-18(16-7-5-6-10-22-16)19(24(14)20)15-11-13(21)8-9-17(15)25-4-2/h5-11,14,18-19H,3-4,12H2,1-2H3. The number of fused-ring (bicyclic) bond motifs is 1. The van der Waals surface area contributed by atoms with Crippen LogP contribution in [0.3, 0.4) is 0 Å². The van der Waals surface area contributed by atoms with Gasteiger partial charge in [0.15, 0.2) is 5.17 Å². The van der Waals surface area contributed by atoms with Crippen LogP contribution in [0, 0.1) is 0 Å². The van der Waals surface area contributed by atoms with Crippen LogP contribution in [0.25, 0.3) is 0 Å². The third kappa shape index (κ3) is 3.08. The summed E-state index contributed by atoms with van der Waals surface area (Å²) in [6.07, 6.45) is 2.92. The van der Waals surface area contributed by atoms with Gasteiger partial charge in [-0.15, -0.1) is 0 Å². The summed E-state index contributed by atoms with van der Waals surface area (Å²) >= 11 is 8.21. The first-order chi connectivity index (χ1) is 12.7. The molecule has 2 aliphatic rings. The summed E-state index contributed by atoms with van der Waals surface area (Å²) in [5.74, 6) is 1.96. The average Bonchev–Trinajstić information content (AvgIpc) is 3.23. The number of amidine groups is 1. The van der Waals surface area contributed by atoms with Crippen LogP contribution in [0.15, 0.2) is 47.6 Å². The number of hydrogen-bond acceptors (Lipinski definition) is 5. The van der Waals surface area contributed by atoms with Crippen LogP contribution >= 0.6 is 23.4 Å². The number of benzene rings is 1. The van der Waals surface area contributed by atoms with Gasteiger partial charge < -0.3 is 9.64 Å². The van der Waals surface area contributed by atoms with E-state index in [0.717, 1.165) is 39.4 Å². The van der Waals surface area contributed by atoms with Crippen molar-refractivity contribution in [2.24, 2.45) is 4.99 Å². The second-order valence-corrected chi connectivity index (χ2v) is 7.88. The van der Waals surface area contributed by atoms with E-state index >= 15 is 0 Å². The number of hydrogen-bond donors (Lipinski definition) is 0. The van der Waals surface area contributed by atoms with Gasteiger partial charge in [0.05, 0.1) is 18.3 Å². The number of nitrogens with zero attached hydrogens (tertiary/aromatic N) is 3. The monoisotopic (exact) mass is 387 g/mol. The van der Waals surface area contributed by atoms with Crippen LogP contribution in [0.1, 0.15) is 43.6 Å². The Bertz CT molecular complexity index is 814. The number of aromatic nitrogens is 1. The molecule has 4 rings (SSSR count). The van der Waals surface area contributed by atoms with Crippen LogP contribution in [0.5, 0.6) is 5.75 Å². The third-order valence-electron chi connectivity index (χ3n) is 4.92. The fraction of sp³-hybridized carbons (Fsp3) is 0.400. The number of aliphatic imine (C=N–C) groups is 1. The van der Waals surface area contributed by atoms with E-state index in [-0.39, 0.29) is 12.1 Å². The molecule has 1 aromatic heterocycles. The maximum absolute atomic E-state index is 6.37. The normalized spacial score (nSPS) is 24.5. The Morgan fingerprint density at radius 3 is 2.88 bits per heavy atom. The predicted octanol–water partition coefficient (Wildman–Crippen LogP) is 5.11. The molecule has 1 fully saturated rings. The Hall–Kier alpha value is -1.72. The zero-order valence-corrected chi connectivity index (χ0v) is 16.5. The summed E-state index contributed by atoms with van der Waals surface area (Å²) < 4.78 is 5.94. The summed E-state index contributed by atoms with van der Waals surface area (Å²) in [6.45, 7) is 4.86. The SMILES string of the molecule is CCOc1ccc(Cl)cc1C1C(c2ccccn2)N=C2SCC(CC)N21. The smallest absolute Gasteiger partial charge is 0.160 e. The Balaban J connectivity index is 1.84. The summed E-state index contributed by atoms with van der Waals surface area (Å²) in [6, 6.07) is 12.4. The maximum atomic E-state index is 6.37. The van der Waals surface area contributed by atoms with Gasteiger partial charge >= 0.3 is 0 Å². The first kappa shape index (κ1) is 17.7. The van der Waals surface area contributed by atoms with Crippen LogP contribution in [-0.2, 0) is 0 Å². The molecule has 136 valence electrons. The van der Waals surface area contributed by atoms with Gasteiger partial charge in [-0.1, -0.05) is 36.4 Å².